The molecule has 5 heteroatoms. The van der Waals surface area contributed by atoms with E-state index < -0.39 is 0 Å². The number of rotatable bonds is 3. The summed E-state index contributed by atoms with van der Waals surface area (Å²) in [6.07, 6.45) is 11.5. The Morgan fingerprint density at radius 3 is 2.64 bits per heavy atom. The van der Waals surface area contributed by atoms with Crippen molar-refractivity contribution in [3.05, 3.63) is 30.4 Å². The SMILES string of the molecule is c1cc(-c2nnc([C@H]3CCN(C4CCCCC4)C3)o2)ccn1. The number of likely N-dealkylation sites (tertiary alicyclic amines) is 1. The first-order valence-corrected chi connectivity index (χ1v) is 8.38. The van der Waals surface area contributed by atoms with Gasteiger partial charge in [-0.15, -0.1) is 10.2 Å². The molecule has 0 spiro atoms. The highest BCUT2D eigenvalue weighted by Crippen LogP contribution is 2.32. The van der Waals surface area contributed by atoms with Gasteiger partial charge < -0.3 is 4.42 Å². The van der Waals surface area contributed by atoms with Gasteiger partial charge in [0.2, 0.25) is 11.8 Å². The number of hydrogen-bond donors (Lipinski definition) is 0. The number of hydrogen-bond acceptors (Lipinski definition) is 5. The van der Waals surface area contributed by atoms with E-state index in [1.165, 1.54) is 38.6 Å². The average molecular weight is 298 g/mol. The van der Waals surface area contributed by atoms with E-state index in [4.69, 9.17) is 4.42 Å². The first-order chi connectivity index (χ1) is 10.9. The summed E-state index contributed by atoms with van der Waals surface area (Å²) in [6, 6.07) is 4.59. The first-order valence-electron chi connectivity index (χ1n) is 8.38. The molecule has 1 saturated heterocycles. The minimum absolute atomic E-state index is 0.394. The summed E-state index contributed by atoms with van der Waals surface area (Å²) in [7, 11) is 0. The van der Waals surface area contributed by atoms with Gasteiger partial charge in [0.15, 0.2) is 0 Å². The molecule has 5 nitrogen and oxygen atoms in total. The second-order valence-electron chi connectivity index (χ2n) is 6.45. The van der Waals surface area contributed by atoms with Gasteiger partial charge in [-0.25, -0.2) is 0 Å². The van der Waals surface area contributed by atoms with Crippen molar-refractivity contribution in [2.24, 2.45) is 0 Å². The van der Waals surface area contributed by atoms with Crippen LogP contribution in [0.3, 0.4) is 0 Å². The Labute approximate surface area is 130 Å². The Bertz CT molecular complexity index is 606. The van der Waals surface area contributed by atoms with Gasteiger partial charge in [-0.1, -0.05) is 19.3 Å². The van der Waals surface area contributed by atoms with Crippen molar-refractivity contribution >= 4 is 0 Å². The fraction of sp³-hybridized carbons (Fsp3) is 0.588. The van der Waals surface area contributed by atoms with Gasteiger partial charge in [-0.3, -0.25) is 9.88 Å². The lowest BCUT2D eigenvalue weighted by Gasteiger charge is -2.30. The Morgan fingerprint density at radius 1 is 1.00 bits per heavy atom. The Hall–Kier alpha value is -1.75. The van der Waals surface area contributed by atoms with E-state index in [9.17, 15) is 0 Å². The van der Waals surface area contributed by atoms with Crippen molar-refractivity contribution in [3.8, 4) is 11.5 Å². The normalized spacial score (nSPS) is 23.9. The van der Waals surface area contributed by atoms with Crippen LogP contribution in [0.1, 0.15) is 50.3 Å². The molecular weight excluding hydrogens is 276 g/mol. The van der Waals surface area contributed by atoms with Gasteiger partial charge in [0, 0.05) is 30.5 Å². The molecule has 0 N–H and O–H groups in total. The second kappa shape index (κ2) is 6.16. The minimum atomic E-state index is 0.394. The molecule has 2 aromatic heterocycles. The highest BCUT2D eigenvalue weighted by Gasteiger charge is 2.32. The van der Waals surface area contributed by atoms with Gasteiger partial charge in [0.1, 0.15) is 0 Å². The third-order valence-electron chi connectivity index (χ3n) is 5.03. The summed E-state index contributed by atoms with van der Waals surface area (Å²) in [5.74, 6) is 1.80. The van der Waals surface area contributed by atoms with Crippen LogP contribution in [-0.4, -0.2) is 39.2 Å². The van der Waals surface area contributed by atoms with Gasteiger partial charge >= 0.3 is 0 Å². The van der Waals surface area contributed by atoms with Gasteiger partial charge in [0.05, 0.1) is 5.92 Å². The zero-order valence-electron chi connectivity index (χ0n) is 12.8. The highest BCUT2D eigenvalue weighted by molar-refractivity contribution is 5.50. The summed E-state index contributed by atoms with van der Waals surface area (Å²) < 4.78 is 5.91. The molecule has 1 atom stereocenters. The van der Waals surface area contributed by atoms with Crippen molar-refractivity contribution in [3.63, 3.8) is 0 Å². The summed E-state index contributed by atoms with van der Waals surface area (Å²) in [4.78, 5) is 6.66. The quantitative estimate of drug-likeness (QED) is 0.870. The highest BCUT2D eigenvalue weighted by atomic mass is 16.4. The molecule has 0 amide bonds. The van der Waals surface area contributed by atoms with Crippen molar-refractivity contribution in [2.75, 3.05) is 13.1 Å². The third kappa shape index (κ3) is 2.77. The predicted octanol–water partition coefficient (Wildman–Crippen LogP) is 3.25. The van der Waals surface area contributed by atoms with E-state index in [0.29, 0.717) is 11.8 Å². The van der Waals surface area contributed by atoms with E-state index in [1.54, 1.807) is 12.4 Å². The van der Waals surface area contributed by atoms with Gasteiger partial charge in [0.25, 0.3) is 0 Å². The Kier molecular flexibility index (Phi) is 3.89. The van der Waals surface area contributed by atoms with E-state index in [2.05, 4.69) is 20.1 Å². The zero-order valence-corrected chi connectivity index (χ0v) is 12.8. The maximum atomic E-state index is 5.91. The topological polar surface area (TPSA) is 55.1 Å². The average Bonchev–Trinajstić information content (AvgIpc) is 3.26. The summed E-state index contributed by atoms with van der Waals surface area (Å²) in [6.45, 7) is 2.24. The molecule has 22 heavy (non-hydrogen) atoms. The number of aromatic nitrogens is 3. The summed E-state index contributed by atoms with van der Waals surface area (Å²) in [5.41, 5.74) is 0.941. The van der Waals surface area contributed by atoms with E-state index in [1.807, 2.05) is 12.1 Å². The van der Waals surface area contributed by atoms with Crippen LogP contribution in [0.15, 0.2) is 28.9 Å². The van der Waals surface area contributed by atoms with Crippen LogP contribution in [0.5, 0.6) is 0 Å². The molecule has 0 radical (unpaired) electrons. The first kappa shape index (κ1) is 13.9. The van der Waals surface area contributed by atoms with Crippen LogP contribution in [0.4, 0.5) is 0 Å². The van der Waals surface area contributed by atoms with Crippen LogP contribution < -0.4 is 0 Å². The minimum Gasteiger partial charge on any atom is -0.420 e. The van der Waals surface area contributed by atoms with Crippen LogP contribution >= 0.6 is 0 Å². The molecule has 1 aliphatic carbocycles. The molecule has 2 fully saturated rings. The largest absolute Gasteiger partial charge is 0.420 e. The Balaban J connectivity index is 1.44. The second-order valence-corrected chi connectivity index (χ2v) is 6.45. The molecule has 4 rings (SSSR count). The summed E-state index contributed by atoms with van der Waals surface area (Å²) >= 11 is 0. The van der Waals surface area contributed by atoms with Crippen molar-refractivity contribution < 1.29 is 4.42 Å². The maximum absolute atomic E-state index is 5.91. The molecule has 2 aliphatic rings. The third-order valence-corrected chi connectivity index (χ3v) is 5.03. The van der Waals surface area contributed by atoms with E-state index in [-0.39, 0.29) is 0 Å². The monoisotopic (exact) mass is 298 g/mol. The van der Waals surface area contributed by atoms with Crippen molar-refractivity contribution in [2.45, 2.75) is 50.5 Å². The molecule has 1 aliphatic heterocycles. The smallest absolute Gasteiger partial charge is 0.247 e. The number of nitrogens with zero attached hydrogens (tertiary/aromatic N) is 4. The van der Waals surface area contributed by atoms with E-state index in [0.717, 1.165) is 30.5 Å². The molecule has 3 heterocycles. The Morgan fingerprint density at radius 2 is 1.82 bits per heavy atom. The van der Waals surface area contributed by atoms with Crippen LogP contribution in [0, 0.1) is 0 Å². The van der Waals surface area contributed by atoms with E-state index >= 15 is 0 Å². The molecule has 2 aromatic rings. The van der Waals surface area contributed by atoms with Crippen LogP contribution in [0.2, 0.25) is 0 Å². The lowest BCUT2D eigenvalue weighted by atomic mass is 9.94. The molecule has 1 saturated carbocycles. The molecular formula is C17H22N4O. The molecule has 0 bridgehead atoms. The summed E-state index contributed by atoms with van der Waals surface area (Å²) in [5, 5.41) is 8.50. The maximum Gasteiger partial charge on any atom is 0.247 e. The van der Waals surface area contributed by atoms with Crippen LogP contribution in [-0.2, 0) is 0 Å². The van der Waals surface area contributed by atoms with Gasteiger partial charge in [-0.2, -0.15) is 0 Å². The van der Waals surface area contributed by atoms with Crippen molar-refractivity contribution in [1.29, 1.82) is 0 Å². The molecule has 0 aromatic carbocycles. The fourth-order valence-corrected chi connectivity index (χ4v) is 3.78. The lowest BCUT2D eigenvalue weighted by Crippen LogP contribution is -2.34. The number of pyridine rings is 1. The zero-order chi connectivity index (χ0) is 14.8. The lowest BCUT2D eigenvalue weighted by molar-refractivity contribution is 0.187. The fourth-order valence-electron chi connectivity index (χ4n) is 3.78. The predicted molar refractivity (Wildman–Crippen MR) is 83.3 cm³/mol. The van der Waals surface area contributed by atoms with Gasteiger partial charge in [-0.05, 0) is 37.9 Å². The van der Waals surface area contributed by atoms with Crippen LogP contribution in [0.25, 0.3) is 11.5 Å². The molecule has 0 unspecified atom stereocenters. The van der Waals surface area contributed by atoms with Crippen molar-refractivity contribution in [1.82, 2.24) is 20.1 Å². The standard InChI is InChI=1S/C17H22N4O/c1-2-4-15(5-3-1)21-11-8-14(12-21)17-20-19-16(22-17)13-6-9-18-10-7-13/h6-7,9-10,14-15H,1-5,8,11-12H2/t14-/m0/s1. The molecule has 116 valence electrons.